The van der Waals surface area contributed by atoms with Crippen molar-refractivity contribution in [1.82, 2.24) is 15.5 Å². The lowest BCUT2D eigenvalue weighted by atomic mass is 9.84. The zero-order valence-electron chi connectivity index (χ0n) is 21.4. The van der Waals surface area contributed by atoms with Gasteiger partial charge in [0.05, 0.1) is 6.20 Å². The Bertz CT molecular complexity index is 1210. The zero-order chi connectivity index (χ0) is 25.2. The normalized spacial score (nSPS) is 13.6. The van der Waals surface area contributed by atoms with Crippen molar-refractivity contribution < 1.29 is 4.79 Å². The molecule has 0 unspecified atom stereocenters. The number of aromatic amines is 1. The van der Waals surface area contributed by atoms with E-state index in [0.717, 1.165) is 53.0 Å². The summed E-state index contributed by atoms with van der Waals surface area (Å²) in [6.45, 7) is 6.64. The van der Waals surface area contributed by atoms with E-state index >= 15 is 0 Å². The van der Waals surface area contributed by atoms with Gasteiger partial charge in [-0.05, 0) is 79.5 Å². The molecule has 1 amide bonds. The second-order valence-corrected chi connectivity index (χ2v) is 9.99. The molecule has 1 heterocycles. The average molecular weight is 480 g/mol. The van der Waals surface area contributed by atoms with Crippen LogP contribution in [0.25, 0.3) is 5.57 Å². The third-order valence-corrected chi connectivity index (χ3v) is 7.12. The van der Waals surface area contributed by atoms with Gasteiger partial charge in [0, 0.05) is 29.4 Å². The first-order chi connectivity index (χ1) is 17.6. The summed E-state index contributed by atoms with van der Waals surface area (Å²) < 4.78 is 0. The molecule has 1 saturated carbocycles. The molecule has 4 rings (SSSR count). The number of allylic oxidation sites excluding steroid dienone is 1. The zero-order valence-corrected chi connectivity index (χ0v) is 21.4. The van der Waals surface area contributed by atoms with Crippen molar-refractivity contribution in [3.8, 4) is 11.8 Å². The largest absolute Gasteiger partial charge is 0.352 e. The lowest BCUT2D eigenvalue weighted by molar-refractivity contribution is 0.0953. The fourth-order valence-electron chi connectivity index (χ4n) is 4.88. The Morgan fingerprint density at radius 1 is 1.06 bits per heavy atom. The van der Waals surface area contributed by atoms with Crippen molar-refractivity contribution in [3.05, 3.63) is 94.8 Å². The van der Waals surface area contributed by atoms with E-state index < -0.39 is 0 Å². The Morgan fingerprint density at radius 2 is 1.83 bits per heavy atom. The second-order valence-electron chi connectivity index (χ2n) is 9.99. The van der Waals surface area contributed by atoms with E-state index in [2.05, 4.69) is 52.1 Å². The van der Waals surface area contributed by atoms with Gasteiger partial charge in [-0.3, -0.25) is 9.89 Å². The number of aromatic nitrogens is 2. The van der Waals surface area contributed by atoms with Gasteiger partial charge in [-0.25, -0.2) is 0 Å². The van der Waals surface area contributed by atoms with Crippen molar-refractivity contribution >= 4 is 11.5 Å². The molecular weight excluding hydrogens is 442 g/mol. The highest BCUT2D eigenvalue weighted by Gasteiger charge is 2.15. The van der Waals surface area contributed by atoms with Crippen LogP contribution in [0.5, 0.6) is 0 Å². The van der Waals surface area contributed by atoms with Crippen LogP contribution in [-0.4, -0.2) is 22.6 Å². The van der Waals surface area contributed by atoms with E-state index in [-0.39, 0.29) is 5.91 Å². The maximum atomic E-state index is 12.9. The molecule has 1 aliphatic carbocycles. The first kappa shape index (κ1) is 25.5. The molecule has 0 aliphatic heterocycles. The van der Waals surface area contributed by atoms with Crippen LogP contribution in [0.2, 0.25) is 0 Å². The molecule has 2 N–H and O–H groups in total. The number of carbonyl (C=O) groups excluding carboxylic acids is 1. The minimum atomic E-state index is -0.0464. The highest BCUT2D eigenvalue weighted by Crippen LogP contribution is 2.28. The molecule has 0 atom stereocenters. The molecule has 1 aliphatic rings. The number of nitrogens with one attached hydrogen (secondary N) is 2. The van der Waals surface area contributed by atoms with Crippen LogP contribution in [0.1, 0.15) is 90.0 Å². The number of aryl methyl sites for hydroxylation is 2. The van der Waals surface area contributed by atoms with Crippen molar-refractivity contribution in [2.75, 3.05) is 6.54 Å². The molecule has 4 heteroatoms. The highest BCUT2D eigenvalue weighted by molar-refractivity contribution is 5.94. The predicted molar refractivity (Wildman–Crippen MR) is 148 cm³/mol. The number of hydrogen-bond acceptors (Lipinski definition) is 2. The first-order valence-corrected chi connectivity index (χ1v) is 13.3. The van der Waals surface area contributed by atoms with E-state index in [0.29, 0.717) is 12.1 Å². The number of benzene rings is 2. The number of amides is 1. The number of H-pyrrole nitrogens is 1. The number of rotatable bonds is 9. The summed E-state index contributed by atoms with van der Waals surface area (Å²) in [6, 6.07) is 14.2. The molecule has 2 aromatic carbocycles. The Labute approximate surface area is 215 Å². The van der Waals surface area contributed by atoms with Gasteiger partial charge in [0.2, 0.25) is 0 Å². The summed E-state index contributed by atoms with van der Waals surface area (Å²) in [7, 11) is 0. The van der Waals surface area contributed by atoms with Crippen LogP contribution >= 0.6 is 0 Å². The van der Waals surface area contributed by atoms with Gasteiger partial charge >= 0.3 is 0 Å². The monoisotopic (exact) mass is 479 g/mol. The molecule has 36 heavy (non-hydrogen) atoms. The molecule has 4 nitrogen and oxygen atoms in total. The van der Waals surface area contributed by atoms with Gasteiger partial charge < -0.3 is 5.32 Å². The van der Waals surface area contributed by atoms with Gasteiger partial charge in [-0.1, -0.05) is 74.3 Å². The smallest absolute Gasteiger partial charge is 0.251 e. The SMILES string of the molecule is C=C(C)c1ccc(C#Cc2cc(C(=O)NCCCc3cn[nH]c3)ccc2CCC2CCCCC2)cc1. The van der Waals surface area contributed by atoms with Gasteiger partial charge in [0.15, 0.2) is 0 Å². The van der Waals surface area contributed by atoms with Crippen molar-refractivity contribution in [3.63, 3.8) is 0 Å². The van der Waals surface area contributed by atoms with E-state index in [1.165, 1.54) is 44.1 Å². The standard InChI is InChI=1S/C32H37N3O/c1-24(2)28-14-10-26(11-15-28)13-17-30-21-31(32(36)33-20-6-9-27-22-34-35-23-27)19-18-29(30)16-12-25-7-4-3-5-8-25/h10-11,14-15,18-19,21-23,25H,1,3-9,12,16,20H2,2H3,(H,33,36)(H,34,35). The minimum absolute atomic E-state index is 0.0464. The van der Waals surface area contributed by atoms with Crippen molar-refractivity contribution in [1.29, 1.82) is 0 Å². The number of nitrogens with zero attached hydrogens (tertiary/aromatic N) is 1. The second kappa shape index (κ2) is 12.9. The summed E-state index contributed by atoms with van der Waals surface area (Å²) in [5.74, 6) is 7.47. The summed E-state index contributed by atoms with van der Waals surface area (Å²) in [5, 5.41) is 9.85. The van der Waals surface area contributed by atoms with Crippen LogP contribution in [0.4, 0.5) is 0 Å². The number of carbonyl (C=O) groups is 1. The number of hydrogen-bond donors (Lipinski definition) is 2. The van der Waals surface area contributed by atoms with E-state index in [1.807, 2.05) is 43.6 Å². The van der Waals surface area contributed by atoms with Crippen LogP contribution in [0, 0.1) is 17.8 Å². The van der Waals surface area contributed by atoms with Crippen LogP contribution in [0.3, 0.4) is 0 Å². The third kappa shape index (κ3) is 7.46. The molecule has 1 fully saturated rings. The molecule has 3 aromatic rings. The molecule has 186 valence electrons. The third-order valence-electron chi connectivity index (χ3n) is 7.12. The Kier molecular flexibility index (Phi) is 9.16. The first-order valence-electron chi connectivity index (χ1n) is 13.3. The van der Waals surface area contributed by atoms with E-state index in [9.17, 15) is 4.79 Å². The van der Waals surface area contributed by atoms with Crippen molar-refractivity contribution in [2.45, 2.75) is 64.7 Å². The lowest BCUT2D eigenvalue weighted by Gasteiger charge is -2.21. The van der Waals surface area contributed by atoms with Crippen LogP contribution in [-0.2, 0) is 12.8 Å². The van der Waals surface area contributed by atoms with Crippen LogP contribution in [0.15, 0.2) is 61.4 Å². The lowest BCUT2D eigenvalue weighted by Crippen LogP contribution is -2.25. The summed E-state index contributed by atoms with van der Waals surface area (Å²) in [5.41, 5.74) is 7.15. The van der Waals surface area contributed by atoms with Gasteiger partial charge in [0.1, 0.15) is 0 Å². The summed E-state index contributed by atoms with van der Waals surface area (Å²) >= 11 is 0. The van der Waals surface area contributed by atoms with Gasteiger partial charge in [0.25, 0.3) is 5.91 Å². The Morgan fingerprint density at radius 3 is 2.56 bits per heavy atom. The predicted octanol–water partition coefficient (Wildman–Crippen LogP) is 6.72. The molecule has 0 bridgehead atoms. The van der Waals surface area contributed by atoms with Crippen LogP contribution < -0.4 is 5.32 Å². The van der Waals surface area contributed by atoms with E-state index in [1.54, 1.807) is 0 Å². The highest BCUT2D eigenvalue weighted by atomic mass is 16.1. The molecule has 0 saturated heterocycles. The molecule has 0 radical (unpaired) electrons. The summed E-state index contributed by atoms with van der Waals surface area (Å²) in [6.07, 6.45) is 14.5. The topological polar surface area (TPSA) is 57.8 Å². The van der Waals surface area contributed by atoms with Gasteiger partial charge in [-0.15, -0.1) is 0 Å². The fraction of sp³-hybridized carbons (Fsp3) is 0.375. The maximum Gasteiger partial charge on any atom is 0.251 e. The minimum Gasteiger partial charge on any atom is -0.352 e. The molecule has 0 spiro atoms. The summed E-state index contributed by atoms with van der Waals surface area (Å²) in [4.78, 5) is 12.9. The average Bonchev–Trinajstić information content (AvgIpc) is 3.43. The molecular formula is C32H37N3O. The fourth-order valence-corrected chi connectivity index (χ4v) is 4.88. The molecule has 1 aromatic heterocycles. The maximum absolute atomic E-state index is 12.9. The van der Waals surface area contributed by atoms with Crippen molar-refractivity contribution in [2.24, 2.45) is 5.92 Å². The quantitative estimate of drug-likeness (QED) is 0.264. The Hall–Kier alpha value is -3.58. The Balaban J connectivity index is 1.46. The van der Waals surface area contributed by atoms with Gasteiger partial charge in [-0.2, -0.15) is 5.10 Å². The van der Waals surface area contributed by atoms with E-state index in [4.69, 9.17) is 0 Å².